The monoisotopic (exact) mass is 268 g/mol. The summed E-state index contributed by atoms with van der Waals surface area (Å²) in [6.45, 7) is 8.97. The zero-order chi connectivity index (χ0) is 13.0. The molecule has 0 aromatic carbocycles. The zero-order valence-electron chi connectivity index (χ0n) is 11.7. The number of nitrogens with zero attached hydrogens (tertiary/aromatic N) is 1. The molecule has 3 nitrogen and oxygen atoms in total. The maximum atomic E-state index is 5.59. The van der Waals surface area contributed by atoms with Gasteiger partial charge in [-0.05, 0) is 19.3 Å². The van der Waals surface area contributed by atoms with E-state index in [4.69, 9.17) is 9.72 Å². The van der Waals surface area contributed by atoms with Crippen molar-refractivity contribution in [3.05, 3.63) is 15.6 Å². The van der Waals surface area contributed by atoms with Crippen LogP contribution < -0.4 is 5.32 Å². The predicted molar refractivity (Wildman–Crippen MR) is 76.0 cm³/mol. The van der Waals surface area contributed by atoms with Crippen LogP contribution in [0.2, 0.25) is 0 Å². The number of ether oxygens (including phenoxy) is 1. The lowest BCUT2D eigenvalue weighted by Crippen LogP contribution is -2.21. The van der Waals surface area contributed by atoms with Gasteiger partial charge in [-0.25, -0.2) is 4.98 Å². The Hall–Kier alpha value is -0.450. The minimum Gasteiger partial charge on any atom is -0.374 e. The molecule has 1 heterocycles. The van der Waals surface area contributed by atoms with Crippen LogP contribution in [0, 0.1) is 0 Å². The molecule has 18 heavy (non-hydrogen) atoms. The maximum absolute atomic E-state index is 5.59. The van der Waals surface area contributed by atoms with Crippen molar-refractivity contribution >= 4 is 11.3 Å². The summed E-state index contributed by atoms with van der Waals surface area (Å²) in [5.41, 5.74) is 1.34. The highest BCUT2D eigenvalue weighted by atomic mass is 32.1. The lowest BCUT2D eigenvalue weighted by atomic mass is 10.2. The number of hydrogen-bond donors (Lipinski definition) is 1. The van der Waals surface area contributed by atoms with Gasteiger partial charge in [-0.1, -0.05) is 20.8 Å². The van der Waals surface area contributed by atoms with Crippen molar-refractivity contribution in [2.45, 2.75) is 65.1 Å². The molecule has 1 aromatic heterocycles. The van der Waals surface area contributed by atoms with E-state index in [9.17, 15) is 0 Å². The molecule has 1 saturated carbocycles. The zero-order valence-corrected chi connectivity index (χ0v) is 12.5. The van der Waals surface area contributed by atoms with E-state index in [1.165, 1.54) is 23.4 Å². The first-order valence-corrected chi connectivity index (χ1v) is 7.82. The van der Waals surface area contributed by atoms with Crippen molar-refractivity contribution in [3.63, 3.8) is 0 Å². The predicted octanol–water partition coefficient (Wildman–Crippen LogP) is 3.45. The highest BCUT2D eigenvalue weighted by Crippen LogP contribution is 2.42. The smallest absolute Gasteiger partial charge is 0.119 e. The number of rotatable bonds is 8. The summed E-state index contributed by atoms with van der Waals surface area (Å²) in [6, 6.07) is 0.527. The van der Waals surface area contributed by atoms with E-state index in [2.05, 4.69) is 26.1 Å². The molecule has 4 heteroatoms. The summed E-state index contributed by atoms with van der Waals surface area (Å²) in [4.78, 5) is 6.19. The standard InChI is InChI=1S/C14H24N2OS/c1-4-7-17-9-13-16-14(11-5-6-11)12(18-13)8-15-10(2)3/h10-11,15H,4-9H2,1-3H3. The van der Waals surface area contributed by atoms with Crippen LogP contribution in [0.3, 0.4) is 0 Å². The Bertz CT molecular complexity index is 372. The molecule has 2 rings (SSSR count). The second kappa shape index (κ2) is 6.64. The Labute approximate surface area is 114 Å². The van der Waals surface area contributed by atoms with Crippen molar-refractivity contribution in [3.8, 4) is 0 Å². The van der Waals surface area contributed by atoms with E-state index >= 15 is 0 Å². The molecule has 0 aliphatic heterocycles. The van der Waals surface area contributed by atoms with Crippen LogP contribution in [0.1, 0.15) is 61.5 Å². The van der Waals surface area contributed by atoms with Crippen LogP contribution in [0.15, 0.2) is 0 Å². The van der Waals surface area contributed by atoms with Crippen LogP contribution in [0.4, 0.5) is 0 Å². The fourth-order valence-electron chi connectivity index (χ4n) is 1.88. The Balaban J connectivity index is 1.97. The van der Waals surface area contributed by atoms with Gasteiger partial charge in [0.15, 0.2) is 0 Å². The lowest BCUT2D eigenvalue weighted by molar-refractivity contribution is 0.121. The van der Waals surface area contributed by atoms with Crippen molar-refractivity contribution in [2.75, 3.05) is 6.61 Å². The van der Waals surface area contributed by atoms with Gasteiger partial charge in [0.2, 0.25) is 0 Å². The van der Waals surface area contributed by atoms with Crippen LogP contribution in [-0.2, 0) is 17.9 Å². The number of thiazole rings is 1. The molecule has 0 spiro atoms. The van der Waals surface area contributed by atoms with Crippen LogP contribution in [0.5, 0.6) is 0 Å². The van der Waals surface area contributed by atoms with Crippen molar-refractivity contribution in [1.82, 2.24) is 10.3 Å². The third-order valence-electron chi connectivity index (χ3n) is 2.98. The molecule has 0 atom stereocenters. The molecule has 1 aliphatic rings. The van der Waals surface area contributed by atoms with Gasteiger partial charge < -0.3 is 10.1 Å². The summed E-state index contributed by atoms with van der Waals surface area (Å²) in [5, 5.41) is 4.64. The second-order valence-corrected chi connectivity index (χ2v) is 6.45. The first kappa shape index (κ1) is 14.0. The molecule has 1 N–H and O–H groups in total. The summed E-state index contributed by atoms with van der Waals surface area (Å²) >= 11 is 1.82. The number of hydrogen-bond acceptors (Lipinski definition) is 4. The van der Waals surface area contributed by atoms with Crippen LogP contribution in [0.25, 0.3) is 0 Å². The number of aromatic nitrogens is 1. The molecule has 0 radical (unpaired) electrons. The van der Waals surface area contributed by atoms with Gasteiger partial charge in [0.05, 0.1) is 12.3 Å². The van der Waals surface area contributed by atoms with E-state index < -0.39 is 0 Å². The van der Waals surface area contributed by atoms with Gasteiger partial charge in [0.25, 0.3) is 0 Å². The molecule has 1 fully saturated rings. The van der Waals surface area contributed by atoms with Gasteiger partial charge in [-0.2, -0.15) is 0 Å². The van der Waals surface area contributed by atoms with Crippen molar-refractivity contribution < 1.29 is 4.74 Å². The Morgan fingerprint density at radius 1 is 1.44 bits per heavy atom. The van der Waals surface area contributed by atoms with E-state index in [0.717, 1.165) is 30.5 Å². The topological polar surface area (TPSA) is 34.1 Å². The molecular formula is C14H24N2OS. The Kier molecular flexibility index (Phi) is 5.15. The molecule has 1 aliphatic carbocycles. The third-order valence-corrected chi connectivity index (χ3v) is 4.03. The summed E-state index contributed by atoms with van der Waals surface area (Å²) in [6.07, 6.45) is 3.70. The Morgan fingerprint density at radius 2 is 2.22 bits per heavy atom. The highest BCUT2D eigenvalue weighted by molar-refractivity contribution is 7.11. The van der Waals surface area contributed by atoms with Gasteiger partial charge in [0.1, 0.15) is 5.01 Å². The molecule has 102 valence electrons. The minimum atomic E-state index is 0.527. The Morgan fingerprint density at radius 3 is 2.83 bits per heavy atom. The first-order valence-electron chi connectivity index (χ1n) is 7.00. The molecule has 1 aromatic rings. The van der Waals surface area contributed by atoms with Crippen molar-refractivity contribution in [1.29, 1.82) is 0 Å². The fraction of sp³-hybridized carbons (Fsp3) is 0.786. The molecule has 0 amide bonds. The van der Waals surface area contributed by atoms with E-state index in [-0.39, 0.29) is 0 Å². The summed E-state index contributed by atoms with van der Waals surface area (Å²) in [7, 11) is 0. The van der Waals surface area contributed by atoms with Gasteiger partial charge in [-0.15, -0.1) is 11.3 Å². The summed E-state index contributed by atoms with van der Waals surface area (Å²) < 4.78 is 5.59. The third kappa shape index (κ3) is 4.04. The fourth-order valence-corrected chi connectivity index (χ4v) is 2.92. The minimum absolute atomic E-state index is 0.527. The molecule has 0 saturated heterocycles. The maximum Gasteiger partial charge on any atom is 0.119 e. The van der Waals surface area contributed by atoms with E-state index in [1.807, 2.05) is 11.3 Å². The average Bonchev–Trinajstić information content (AvgIpc) is 3.09. The number of nitrogens with one attached hydrogen (secondary N) is 1. The van der Waals surface area contributed by atoms with Gasteiger partial charge in [-0.3, -0.25) is 0 Å². The van der Waals surface area contributed by atoms with E-state index in [0.29, 0.717) is 12.6 Å². The van der Waals surface area contributed by atoms with Gasteiger partial charge >= 0.3 is 0 Å². The van der Waals surface area contributed by atoms with Crippen LogP contribution in [-0.4, -0.2) is 17.6 Å². The van der Waals surface area contributed by atoms with Gasteiger partial charge in [0, 0.05) is 30.0 Å². The van der Waals surface area contributed by atoms with Crippen LogP contribution >= 0.6 is 11.3 Å². The quantitative estimate of drug-likeness (QED) is 0.733. The lowest BCUT2D eigenvalue weighted by Gasteiger charge is -2.07. The molecule has 0 bridgehead atoms. The molecule has 0 unspecified atom stereocenters. The summed E-state index contributed by atoms with van der Waals surface area (Å²) in [5.74, 6) is 0.727. The van der Waals surface area contributed by atoms with Crippen molar-refractivity contribution in [2.24, 2.45) is 0 Å². The van der Waals surface area contributed by atoms with E-state index in [1.54, 1.807) is 0 Å². The first-order chi connectivity index (χ1) is 8.70. The largest absolute Gasteiger partial charge is 0.374 e. The SMILES string of the molecule is CCCOCc1nc(C2CC2)c(CNC(C)C)s1. The second-order valence-electron chi connectivity index (χ2n) is 5.28. The molecular weight excluding hydrogens is 244 g/mol. The highest BCUT2D eigenvalue weighted by Gasteiger charge is 2.29. The average molecular weight is 268 g/mol. The normalized spacial score (nSPS) is 15.6.